The zero-order valence-electron chi connectivity index (χ0n) is 10.5. The second kappa shape index (κ2) is 4.92. The Bertz CT molecular complexity index is 688. The fraction of sp³-hybridized carbons (Fsp3) is 0.417. The van der Waals surface area contributed by atoms with Crippen LogP contribution in [0.4, 0.5) is 18.9 Å². The molecule has 2 heterocycles. The van der Waals surface area contributed by atoms with Gasteiger partial charge in [0.15, 0.2) is 6.10 Å². The van der Waals surface area contributed by atoms with E-state index in [1.165, 1.54) is 6.07 Å². The molecule has 1 aromatic carbocycles. The number of alkyl halides is 3. The molecule has 2 atom stereocenters. The average molecular weight is 317 g/mol. The standard InChI is InChI=1S/C12H10F3N3O2S/c13-12(14,15)11(20)8-3-4-10(19)18(8)6-1-2-7-9(5-6)21-17-16-7/h1-2,5,8,11,20H,3-4H2/t8?,11-/m1/s1. The predicted molar refractivity (Wildman–Crippen MR) is 70.0 cm³/mol. The minimum Gasteiger partial charge on any atom is -0.382 e. The molecule has 3 rings (SSSR count). The van der Waals surface area contributed by atoms with Crippen LogP contribution in [0.2, 0.25) is 0 Å². The predicted octanol–water partition coefficient (Wildman–Crippen LogP) is 2.11. The first-order valence-electron chi connectivity index (χ1n) is 6.17. The van der Waals surface area contributed by atoms with Crippen molar-refractivity contribution in [2.24, 2.45) is 0 Å². The van der Waals surface area contributed by atoms with Crippen LogP contribution in [0.15, 0.2) is 18.2 Å². The van der Waals surface area contributed by atoms with Gasteiger partial charge in [-0.1, -0.05) is 4.49 Å². The first-order valence-corrected chi connectivity index (χ1v) is 6.94. The van der Waals surface area contributed by atoms with Crippen LogP contribution >= 0.6 is 11.5 Å². The van der Waals surface area contributed by atoms with E-state index >= 15 is 0 Å². The zero-order valence-corrected chi connectivity index (χ0v) is 11.4. The summed E-state index contributed by atoms with van der Waals surface area (Å²) in [5.41, 5.74) is 0.938. The van der Waals surface area contributed by atoms with Crippen molar-refractivity contribution >= 4 is 33.3 Å². The molecule has 1 saturated heterocycles. The number of aliphatic hydroxyl groups is 1. The molecule has 1 aliphatic heterocycles. The summed E-state index contributed by atoms with van der Waals surface area (Å²) in [6.45, 7) is 0. The Kier molecular flexibility index (Phi) is 3.33. The van der Waals surface area contributed by atoms with Crippen molar-refractivity contribution in [3.8, 4) is 0 Å². The molecular weight excluding hydrogens is 307 g/mol. The Hall–Kier alpha value is -1.74. The third-order valence-electron chi connectivity index (χ3n) is 3.46. The highest BCUT2D eigenvalue weighted by molar-refractivity contribution is 7.12. The van der Waals surface area contributed by atoms with E-state index in [0.29, 0.717) is 15.9 Å². The molecule has 5 nitrogen and oxygen atoms in total. The van der Waals surface area contributed by atoms with Crippen molar-refractivity contribution in [2.45, 2.75) is 31.2 Å². The number of aliphatic hydroxyl groups excluding tert-OH is 1. The average Bonchev–Trinajstić information content (AvgIpc) is 3.01. The van der Waals surface area contributed by atoms with Crippen LogP contribution in [0.5, 0.6) is 0 Å². The molecule has 0 radical (unpaired) electrons. The maximum Gasteiger partial charge on any atom is 0.416 e. The van der Waals surface area contributed by atoms with Crippen molar-refractivity contribution in [1.82, 2.24) is 9.59 Å². The van der Waals surface area contributed by atoms with Crippen LogP contribution < -0.4 is 4.90 Å². The summed E-state index contributed by atoms with van der Waals surface area (Å²) < 4.78 is 42.6. The minimum atomic E-state index is -4.76. The van der Waals surface area contributed by atoms with E-state index in [1.807, 2.05) is 0 Å². The number of hydrogen-bond donors (Lipinski definition) is 1. The van der Waals surface area contributed by atoms with Gasteiger partial charge in [0, 0.05) is 12.1 Å². The highest BCUT2D eigenvalue weighted by Gasteiger charge is 2.49. The van der Waals surface area contributed by atoms with E-state index in [9.17, 15) is 23.1 Å². The van der Waals surface area contributed by atoms with Gasteiger partial charge in [0.2, 0.25) is 5.91 Å². The lowest BCUT2D eigenvalue weighted by atomic mass is 10.1. The summed E-state index contributed by atoms with van der Waals surface area (Å²) in [5, 5.41) is 13.3. The van der Waals surface area contributed by atoms with E-state index in [2.05, 4.69) is 9.59 Å². The molecular formula is C12H10F3N3O2S. The summed E-state index contributed by atoms with van der Waals surface area (Å²) in [7, 11) is 0. The van der Waals surface area contributed by atoms with Crippen LogP contribution in [0.3, 0.4) is 0 Å². The van der Waals surface area contributed by atoms with Gasteiger partial charge in [0.1, 0.15) is 5.52 Å². The summed E-state index contributed by atoms with van der Waals surface area (Å²) in [4.78, 5) is 12.9. The second-order valence-electron chi connectivity index (χ2n) is 4.78. The van der Waals surface area contributed by atoms with E-state index < -0.39 is 24.2 Å². The number of amides is 1. The molecule has 21 heavy (non-hydrogen) atoms. The van der Waals surface area contributed by atoms with Crippen LogP contribution in [0, 0.1) is 0 Å². The molecule has 112 valence electrons. The minimum absolute atomic E-state index is 0.0171. The second-order valence-corrected chi connectivity index (χ2v) is 5.57. The lowest BCUT2D eigenvalue weighted by Crippen LogP contribution is -2.48. The molecule has 1 unspecified atom stereocenters. The molecule has 1 N–H and O–H groups in total. The van der Waals surface area contributed by atoms with Gasteiger partial charge in [-0.3, -0.25) is 4.79 Å². The van der Waals surface area contributed by atoms with E-state index in [-0.39, 0.29) is 12.8 Å². The number of benzene rings is 1. The third-order valence-corrected chi connectivity index (χ3v) is 4.15. The van der Waals surface area contributed by atoms with Crippen LogP contribution in [0.1, 0.15) is 12.8 Å². The highest BCUT2D eigenvalue weighted by atomic mass is 32.1. The number of hydrogen-bond acceptors (Lipinski definition) is 5. The van der Waals surface area contributed by atoms with Crippen LogP contribution in [-0.4, -0.2) is 38.9 Å². The fourth-order valence-corrected chi connectivity index (χ4v) is 3.07. The first-order chi connectivity index (χ1) is 9.88. The largest absolute Gasteiger partial charge is 0.416 e. The monoisotopic (exact) mass is 317 g/mol. The highest BCUT2D eigenvalue weighted by Crippen LogP contribution is 2.35. The number of carbonyl (C=O) groups is 1. The zero-order chi connectivity index (χ0) is 15.2. The van der Waals surface area contributed by atoms with Crippen molar-refractivity contribution < 1.29 is 23.1 Å². The number of aromatic nitrogens is 2. The normalized spacial score (nSPS) is 21.2. The number of carbonyl (C=O) groups excluding carboxylic acids is 1. The molecule has 1 amide bonds. The molecule has 9 heteroatoms. The van der Waals surface area contributed by atoms with Crippen LogP contribution in [-0.2, 0) is 4.79 Å². The van der Waals surface area contributed by atoms with Crippen molar-refractivity contribution in [1.29, 1.82) is 0 Å². The summed E-state index contributed by atoms with van der Waals surface area (Å²) in [6.07, 6.45) is -7.36. The Morgan fingerprint density at radius 1 is 1.43 bits per heavy atom. The molecule has 1 fully saturated rings. The summed E-state index contributed by atoms with van der Waals surface area (Å²) in [6, 6.07) is 3.38. The molecule has 0 spiro atoms. The molecule has 0 saturated carbocycles. The van der Waals surface area contributed by atoms with Crippen LogP contribution in [0.25, 0.3) is 10.2 Å². The molecule has 2 aromatic rings. The van der Waals surface area contributed by atoms with Crippen molar-refractivity contribution in [3.05, 3.63) is 18.2 Å². The lowest BCUT2D eigenvalue weighted by Gasteiger charge is -2.29. The Labute approximate surface area is 121 Å². The van der Waals surface area contributed by atoms with Crippen molar-refractivity contribution in [3.63, 3.8) is 0 Å². The number of rotatable bonds is 2. The fourth-order valence-electron chi connectivity index (χ4n) is 2.48. The smallest absolute Gasteiger partial charge is 0.382 e. The summed E-state index contributed by atoms with van der Waals surface area (Å²) >= 11 is 1.09. The lowest BCUT2D eigenvalue weighted by molar-refractivity contribution is -0.209. The number of anilines is 1. The van der Waals surface area contributed by atoms with Gasteiger partial charge < -0.3 is 10.0 Å². The third kappa shape index (κ3) is 2.46. The van der Waals surface area contributed by atoms with Gasteiger partial charge in [-0.2, -0.15) is 13.2 Å². The van der Waals surface area contributed by atoms with E-state index in [4.69, 9.17) is 0 Å². The molecule has 0 aliphatic carbocycles. The Morgan fingerprint density at radius 2 is 2.19 bits per heavy atom. The topological polar surface area (TPSA) is 66.3 Å². The number of halogens is 3. The van der Waals surface area contributed by atoms with Gasteiger partial charge >= 0.3 is 6.18 Å². The van der Waals surface area contributed by atoms with Gasteiger partial charge in [-0.05, 0) is 36.2 Å². The van der Waals surface area contributed by atoms with Gasteiger partial charge in [-0.25, -0.2) is 0 Å². The number of nitrogens with zero attached hydrogens (tertiary/aromatic N) is 3. The van der Waals surface area contributed by atoms with E-state index in [1.54, 1.807) is 12.1 Å². The van der Waals surface area contributed by atoms with Gasteiger partial charge in [-0.15, -0.1) is 5.10 Å². The molecule has 1 aromatic heterocycles. The maximum absolute atomic E-state index is 12.7. The van der Waals surface area contributed by atoms with Gasteiger partial charge in [0.25, 0.3) is 0 Å². The van der Waals surface area contributed by atoms with E-state index in [0.717, 1.165) is 16.4 Å². The SMILES string of the molecule is O=C1CCC([C@@H](O)C(F)(F)F)N1c1ccc2nnsc2c1. The number of fused-ring (bicyclic) bond motifs is 1. The Morgan fingerprint density at radius 3 is 2.90 bits per heavy atom. The molecule has 1 aliphatic rings. The maximum atomic E-state index is 12.7. The quantitative estimate of drug-likeness (QED) is 0.921. The molecule has 0 bridgehead atoms. The summed E-state index contributed by atoms with van der Waals surface area (Å²) in [5.74, 6) is -0.430. The van der Waals surface area contributed by atoms with Gasteiger partial charge in [0.05, 0.1) is 10.7 Å². The van der Waals surface area contributed by atoms with Crippen molar-refractivity contribution in [2.75, 3.05) is 4.90 Å². The Balaban J connectivity index is 1.98. The first kappa shape index (κ1) is 14.2.